The Labute approximate surface area is 211 Å². The van der Waals surface area contributed by atoms with Gasteiger partial charge in [0.05, 0.1) is 4.90 Å². The number of carbonyl (C=O) groups is 2. The van der Waals surface area contributed by atoms with Gasteiger partial charge in [0.2, 0.25) is 10.0 Å². The minimum absolute atomic E-state index is 0.0532. The molecule has 2 rings (SSSR count). The van der Waals surface area contributed by atoms with E-state index >= 15 is 0 Å². The lowest BCUT2D eigenvalue weighted by Gasteiger charge is -2.48. The molecule has 0 aliphatic carbocycles. The summed E-state index contributed by atoms with van der Waals surface area (Å²) in [7, 11) is -4.21. The van der Waals surface area contributed by atoms with Crippen LogP contribution in [0.2, 0.25) is 0 Å². The number of rotatable bonds is 7. The van der Waals surface area contributed by atoms with Gasteiger partial charge in [-0.2, -0.15) is 4.31 Å². The van der Waals surface area contributed by atoms with Gasteiger partial charge in [-0.25, -0.2) is 18.7 Å². The molecule has 0 aromatic heterocycles. The third kappa shape index (κ3) is 6.82. The highest BCUT2D eigenvalue weighted by Gasteiger charge is 2.51. The van der Waals surface area contributed by atoms with Crippen molar-refractivity contribution < 1.29 is 33.1 Å². The van der Waals surface area contributed by atoms with Gasteiger partial charge in [-0.05, 0) is 65.8 Å². The van der Waals surface area contributed by atoms with E-state index in [9.17, 15) is 28.3 Å². The molecule has 194 valence electrons. The summed E-state index contributed by atoms with van der Waals surface area (Å²) in [5.41, 5.74) is 0.873. The third-order valence-electron chi connectivity index (χ3n) is 5.50. The molecule has 12 heteroatoms. The van der Waals surface area contributed by atoms with Gasteiger partial charge in [0, 0.05) is 28.6 Å². The fraction of sp³-hybridized carbons (Fsp3) is 0.565. The summed E-state index contributed by atoms with van der Waals surface area (Å²) in [6, 6.07) is 4.51. The Hall–Kier alpha value is -2.46. The van der Waals surface area contributed by atoms with Crippen LogP contribution in [0, 0.1) is 11.8 Å². The van der Waals surface area contributed by atoms with Crippen molar-refractivity contribution in [3.63, 3.8) is 0 Å². The van der Waals surface area contributed by atoms with Crippen LogP contribution >= 0.6 is 11.8 Å². The van der Waals surface area contributed by atoms with Crippen LogP contribution in [0.5, 0.6) is 5.75 Å². The molecule has 1 fully saturated rings. The standard InChI is InChI=1S/C23H33N3O7S2/c1-7-8-13-33-16-9-11-18(12-10-16)35(31,32)26-15-17(14-25(21(28)29)22(2,3)4)34-23(5,6)19(26)20(27)24-30/h9-12,17,19,30H,13-15H2,1-6H3,(H,24,27)(H,28,29)/t17-,19-/m0/s1. The normalized spacial score (nSPS) is 20.3. The number of nitrogens with zero attached hydrogens (tertiary/aromatic N) is 2. The second-order valence-corrected chi connectivity index (χ2v) is 13.4. The van der Waals surface area contributed by atoms with E-state index in [1.54, 1.807) is 47.0 Å². The number of hydrogen-bond donors (Lipinski definition) is 3. The first-order valence-electron chi connectivity index (χ1n) is 10.9. The number of benzene rings is 1. The van der Waals surface area contributed by atoms with Gasteiger partial charge >= 0.3 is 6.09 Å². The van der Waals surface area contributed by atoms with Crippen molar-refractivity contribution in [1.29, 1.82) is 0 Å². The smallest absolute Gasteiger partial charge is 0.407 e. The lowest BCUT2D eigenvalue weighted by atomic mass is 10.0. The van der Waals surface area contributed by atoms with E-state index in [0.717, 1.165) is 4.31 Å². The number of nitrogens with one attached hydrogen (secondary N) is 1. The van der Waals surface area contributed by atoms with Crippen molar-refractivity contribution >= 4 is 33.8 Å². The molecule has 0 saturated carbocycles. The van der Waals surface area contributed by atoms with Crippen LogP contribution < -0.4 is 10.2 Å². The fourth-order valence-corrected chi connectivity index (χ4v) is 7.51. The molecule has 1 saturated heterocycles. The first kappa shape index (κ1) is 28.8. The van der Waals surface area contributed by atoms with Crippen molar-refractivity contribution in [3.05, 3.63) is 24.3 Å². The Kier molecular flexibility index (Phi) is 9.10. The van der Waals surface area contributed by atoms with E-state index in [1.165, 1.54) is 40.9 Å². The second-order valence-electron chi connectivity index (χ2n) is 9.55. The number of hydroxylamine groups is 1. The molecule has 0 unspecified atom stereocenters. The van der Waals surface area contributed by atoms with Crippen LogP contribution in [0.1, 0.15) is 41.5 Å². The molecule has 0 bridgehead atoms. The Balaban J connectivity index is 2.45. The Morgan fingerprint density at radius 3 is 2.37 bits per heavy atom. The summed E-state index contributed by atoms with van der Waals surface area (Å²) < 4.78 is 32.9. The molecule has 10 nitrogen and oxygen atoms in total. The van der Waals surface area contributed by atoms with Gasteiger partial charge in [-0.1, -0.05) is 5.92 Å². The molecule has 1 aliphatic heterocycles. The number of hydrogen-bond acceptors (Lipinski definition) is 7. The maximum absolute atomic E-state index is 13.7. The molecule has 1 heterocycles. The van der Waals surface area contributed by atoms with Crippen molar-refractivity contribution in [3.8, 4) is 17.6 Å². The number of thioether (sulfide) groups is 1. The van der Waals surface area contributed by atoms with E-state index in [-0.39, 0.29) is 24.6 Å². The van der Waals surface area contributed by atoms with E-state index < -0.39 is 43.6 Å². The zero-order chi connectivity index (χ0) is 26.6. The number of amides is 2. The van der Waals surface area contributed by atoms with E-state index in [1.807, 2.05) is 0 Å². The Morgan fingerprint density at radius 1 is 1.29 bits per heavy atom. The first-order valence-corrected chi connectivity index (χ1v) is 13.2. The highest BCUT2D eigenvalue weighted by molar-refractivity contribution is 8.01. The van der Waals surface area contributed by atoms with Gasteiger partial charge in [-0.3, -0.25) is 10.0 Å². The highest BCUT2D eigenvalue weighted by atomic mass is 32.2. The molecule has 3 N–H and O–H groups in total. The molecule has 1 aromatic rings. The average Bonchev–Trinajstić information content (AvgIpc) is 2.75. The van der Waals surface area contributed by atoms with E-state index in [4.69, 9.17) is 4.74 Å². The van der Waals surface area contributed by atoms with Crippen molar-refractivity contribution in [2.75, 3.05) is 19.7 Å². The third-order valence-corrected chi connectivity index (χ3v) is 8.81. The molecule has 2 atom stereocenters. The molecule has 0 radical (unpaired) electrons. The first-order chi connectivity index (χ1) is 16.1. The Morgan fingerprint density at radius 2 is 1.89 bits per heavy atom. The second kappa shape index (κ2) is 11.1. The van der Waals surface area contributed by atoms with Crippen LogP contribution in [0.15, 0.2) is 29.2 Å². The summed E-state index contributed by atoms with van der Waals surface area (Å²) in [5, 5.41) is 18.6. The number of ether oxygens (including phenoxy) is 1. The molecule has 1 aromatic carbocycles. The summed E-state index contributed by atoms with van der Waals surface area (Å²) in [6.45, 7) is 10.4. The van der Waals surface area contributed by atoms with Crippen LogP contribution in [0.3, 0.4) is 0 Å². The van der Waals surface area contributed by atoms with Gasteiger partial charge in [0.25, 0.3) is 5.91 Å². The largest absolute Gasteiger partial charge is 0.481 e. The summed E-state index contributed by atoms with van der Waals surface area (Å²) in [6.07, 6.45) is -1.12. The lowest BCUT2D eigenvalue weighted by molar-refractivity contribution is -0.134. The van der Waals surface area contributed by atoms with Crippen molar-refractivity contribution in [2.45, 2.75) is 68.0 Å². The molecule has 35 heavy (non-hydrogen) atoms. The molecule has 0 spiro atoms. The number of sulfonamides is 1. The number of carbonyl (C=O) groups excluding carboxylic acids is 1. The average molecular weight is 528 g/mol. The highest BCUT2D eigenvalue weighted by Crippen LogP contribution is 2.42. The summed E-state index contributed by atoms with van der Waals surface area (Å²) in [4.78, 5) is 25.7. The van der Waals surface area contributed by atoms with Crippen molar-refractivity contribution in [2.24, 2.45) is 0 Å². The van der Waals surface area contributed by atoms with Gasteiger partial charge in [0.15, 0.2) is 0 Å². The van der Waals surface area contributed by atoms with Crippen LogP contribution in [0.4, 0.5) is 4.79 Å². The minimum atomic E-state index is -4.21. The quantitative estimate of drug-likeness (QED) is 0.280. The minimum Gasteiger partial charge on any atom is -0.481 e. The Bertz CT molecular complexity index is 1090. The predicted molar refractivity (Wildman–Crippen MR) is 133 cm³/mol. The maximum atomic E-state index is 13.7. The molecule has 2 amide bonds. The predicted octanol–water partition coefficient (Wildman–Crippen LogP) is 2.63. The van der Waals surface area contributed by atoms with E-state index in [2.05, 4.69) is 11.8 Å². The topological polar surface area (TPSA) is 136 Å². The van der Waals surface area contributed by atoms with Crippen LogP contribution in [0.25, 0.3) is 0 Å². The molecular formula is C23H33N3O7S2. The SMILES string of the molecule is CC#CCOc1ccc(S(=O)(=O)N2C[C@H](CN(C(=O)O)C(C)(C)C)SC(C)(C)[C@@H]2C(=O)NO)cc1. The van der Waals surface area contributed by atoms with Crippen LogP contribution in [-0.4, -0.2) is 81.2 Å². The van der Waals surface area contributed by atoms with Gasteiger partial charge in [0.1, 0.15) is 18.4 Å². The molecule has 1 aliphatic rings. The maximum Gasteiger partial charge on any atom is 0.407 e. The lowest BCUT2D eigenvalue weighted by Crippen LogP contribution is -2.64. The van der Waals surface area contributed by atoms with Crippen molar-refractivity contribution in [1.82, 2.24) is 14.7 Å². The molecular weight excluding hydrogens is 494 g/mol. The van der Waals surface area contributed by atoms with E-state index in [0.29, 0.717) is 5.75 Å². The van der Waals surface area contributed by atoms with Crippen LogP contribution in [-0.2, 0) is 14.8 Å². The zero-order valence-corrected chi connectivity index (χ0v) is 22.4. The number of carboxylic acid groups (broad SMARTS) is 1. The fourth-order valence-electron chi connectivity index (χ4n) is 3.90. The zero-order valence-electron chi connectivity index (χ0n) is 20.7. The monoisotopic (exact) mass is 527 g/mol. The van der Waals surface area contributed by atoms with Gasteiger partial charge < -0.3 is 14.7 Å². The van der Waals surface area contributed by atoms with Gasteiger partial charge in [-0.15, -0.1) is 17.7 Å². The summed E-state index contributed by atoms with van der Waals surface area (Å²) >= 11 is 1.32. The summed E-state index contributed by atoms with van der Waals surface area (Å²) in [5.74, 6) is 5.02.